The Balaban J connectivity index is 2.28. The average molecular weight is 275 g/mol. The SMILES string of the molecule is FC(F)(F)c1cccc(Oc2nccnc2Cl)c1. The standard InChI is InChI=1S/C11H6ClF3N2O/c12-9-10(17-5-4-16-9)18-8-3-1-2-7(6-8)11(13,14)15/h1-6H. The number of alkyl halides is 3. The summed E-state index contributed by atoms with van der Waals surface area (Å²) in [4.78, 5) is 7.47. The minimum absolute atomic E-state index is 0.00720. The molecule has 0 bridgehead atoms. The van der Waals surface area contributed by atoms with Gasteiger partial charge < -0.3 is 4.74 Å². The molecule has 0 aliphatic rings. The van der Waals surface area contributed by atoms with Gasteiger partial charge in [-0.05, 0) is 18.2 Å². The fourth-order valence-corrected chi connectivity index (χ4v) is 1.37. The fourth-order valence-electron chi connectivity index (χ4n) is 1.22. The summed E-state index contributed by atoms with van der Waals surface area (Å²) in [6, 6.07) is 4.43. The van der Waals surface area contributed by atoms with Gasteiger partial charge in [0.05, 0.1) is 5.56 Å². The first-order valence-corrected chi connectivity index (χ1v) is 5.16. The summed E-state index contributed by atoms with van der Waals surface area (Å²) < 4.78 is 42.6. The van der Waals surface area contributed by atoms with Gasteiger partial charge in [-0.3, -0.25) is 0 Å². The van der Waals surface area contributed by atoms with Crippen LogP contribution >= 0.6 is 11.6 Å². The Morgan fingerprint density at radius 2 is 1.83 bits per heavy atom. The molecule has 1 heterocycles. The average Bonchev–Trinajstić information content (AvgIpc) is 2.31. The zero-order chi connectivity index (χ0) is 13.2. The van der Waals surface area contributed by atoms with E-state index in [1.807, 2.05) is 0 Å². The van der Waals surface area contributed by atoms with Gasteiger partial charge in [0.25, 0.3) is 5.88 Å². The van der Waals surface area contributed by atoms with E-state index in [1.54, 1.807) is 0 Å². The minimum Gasteiger partial charge on any atom is -0.436 e. The van der Waals surface area contributed by atoms with Crippen LogP contribution in [0, 0.1) is 0 Å². The molecular formula is C11H6ClF3N2O. The van der Waals surface area contributed by atoms with Crippen LogP contribution in [-0.4, -0.2) is 9.97 Å². The number of hydrogen-bond acceptors (Lipinski definition) is 3. The predicted molar refractivity (Wildman–Crippen MR) is 58.6 cm³/mol. The molecule has 0 aliphatic carbocycles. The molecule has 2 rings (SSSR count). The molecule has 0 atom stereocenters. The van der Waals surface area contributed by atoms with Crippen molar-refractivity contribution in [2.45, 2.75) is 6.18 Å². The van der Waals surface area contributed by atoms with E-state index in [4.69, 9.17) is 16.3 Å². The van der Waals surface area contributed by atoms with Crippen LogP contribution in [0.25, 0.3) is 0 Å². The lowest BCUT2D eigenvalue weighted by atomic mass is 10.2. The molecular weight excluding hydrogens is 269 g/mol. The molecule has 0 fully saturated rings. The quantitative estimate of drug-likeness (QED) is 0.832. The molecule has 0 saturated carbocycles. The maximum atomic E-state index is 12.5. The van der Waals surface area contributed by atoms with E-state index in [0.717, 1.165) is 12.1 Å². The van der Waals surface area contributed by atoms with Crippen LogP contribution in [0.15, 0.2) is 36.7 Å². The molecule has 18 heavy (non-hydrogen) atoms. The smallest absolute Gasteiger partial charge is 0.416 e. The van der Waals surface area contributed by atoms with Gasteiger partial charge in [0.1, 0.15) is 5.75 Å². The van der Waals surface area contributed by atoms with E-state index in [9.17, 15) is 13.2 Å². The van der Waals surface area contributed by atoms with Crippen LogP contribution in [0.5, 0.6) is 11.6 Å². The number of ether oxygens (including phenoxy) is 1. The number of rotatable bonds is 2. The predicted octanol–water partition coefficient (Wildman–Crippen LogP) is 3.94. The van der Waals surface area contributed by atoms with Crippen LogP contribution in [0.3, 0.4) is 0 Å². The number of aromatic nitrogens is 2. The summed E-state index contributed by atoms with van der Waals surface area (Å²) in [6.07, 6.45) is -1.75. The highest BCUT2D eigenvalue weighted by Crippen LogP contribution is 2.33. The lowest BCUT2D eigenvalue weighted by molar-refractivity contribution is -0.137. The van der Waals surface area contributed by atoms with Crippen molar-refractivity contribution < 1.29 is 17.9 Å². The van der Waals surface area contributed by atoms with Crippen molar-refractivity contribution in [3.05, 3.63) is 47.4 Å². The third-order valence-electron chi connectivity index (χ3n) is 2.00. The summed E-state index contributed by atoms with van der Waals surface area (Å²) in [5.74, 6) is -0.0503. The van der Waals surface area contributed by atoms with Crippen molar-refractivity contribution in [1.82, 2.24) is 9.97 Å². The van der Waals surface area contributed by atoms with E-state index >= 15 is 0 Å². The molecule has 0 unspecified atom stereocenters. The number of nitrogens with zero attached hydrogens (tertiary/aromatic N) is 2. The second-order valence-electron chi connectivity index (χ2n) is 3.28. The molecule has 0 spiro atoms. The Labute approximate surface area is 105 Å². The third kappa shape index (κ3) is 2.89. The molecule has 0 amide bonds. The molecule has 0 N–H and O–H groups in total. The highest BCUT2D eigenvalue weighted by atomic mass is 35.5. The summed E-state index contributed by atoms with van der Waals surface area (Å²) >= 11 is 5.68. The van der Waals surface area contributed by atoms with E-state index < -0.39 is 11.7 Å². The minimum atomic E-state index is -4.43. The van der Waals surface area contributed by atoms with Gasteiger partial charge in [-0.15, -0.1) is 0 Å². The topological polar surface area (TPSA) is 35.0 Å². The highest BCUT2D eigenvalue weighted by Gasteiger charge is 2.30. The van der Waals surface area contributed by atoms with Crippen LogP contribution in [0.4, 0.5) is 13.2 Å². The van der Waals surface area contributed by atoms with Crippen LogP contribution in [-0.2, 0) is 6.18 Å². The molecule has 7 heteroatoms. The normalized spacial score (nSPS) is 11.3. The summed E-state index contributed by atoms with van der Waals surface area (Å²) in [7, 11) is 0. The second kappa shape index (κ2) is 4.81. The van der Waals surface area contributed by atoms with Crippen molar-refractivity contribution in [3.63, 3.8) is 0 Å². The van der Waals surface area contributed by atoms with E-state index in [2.05, 4.69) is 9.97 Å². The lowest BCUT2D eigenvalue weighted by Gasteiger charge is -2.09. The van der Waals surface area contributed by atoms with Gasteiger partial charge in [-0.25, -0.2) is 9.97 Å². The maximum Gasteiger partial charge on any atom is 0.416 e. The van der Waals surface area contributed by atoms with Gasteiger partial charge in [-0.1, -0.05) is 17.7 Å². The molecule has 94 valence electrons. The van der Waals surface area contributed by atoms with Crippen molar-refractivity contribution >= 4 is 11.6 Å². The summed E-state index contributed by atoms with van der Waals surface area (Å²) in [5.41, 5.74) is -0.806. The first kappa shape index (κ1) is 12.6. The van der Waals surface area contributed by atoms with Gasteiger partial charge in [0.15, 0.2) is 5.15 Å². The molecule has 2 aromatic rings. The van der Waals surface area contributed by atoms with Crippen LogP contribution in [0.2, 0.25) is 5.15 Å². The maximum absolute atomic E-state index is 12.5. The number of benzene rings is 1. The van der Waals surface area contributed by atoms with E-state index in [-0.39, 0.29) is 16.8 Å². The Bertz CT molecular complexity index is 560. The van der Waals surface area contributed by atoms with E-state index in [0.29, 0.717) is 0 Å². The molecule has 3 nitrogen and oxygen atoms in total. The molecule has 1 aromatic carbocycles. The first-order valence-electron chi connectivity index (χ1n) is 4.78. The van der Waals surface area contributed by atoms with Gasteiger partial charge in [0.2, 0.25) is 0 Å². The molecule has 0 radical (unpaired) electrons. The number of halogens is 4. The number of hydrogen-bond donors (Lipinski definition) is 0. The second-order valence-corrected chi connectivity index (χ2v) is 3.64. The van der Waals surface area contributed by atoms with Gasteiger partial charge in [-0.2, -0.15) is 13.2 Å². The monoisotopic (exact) mass is 274 g/mol. The van der Waals surface area contributed by atoms with Crippen LogP contribution in [0.1, 0.15) is 5.56 Å². The summed E-state index contributed by atoms with van der Waals surface area (Å²) in [6.45, 7) is 0. The zero-order valence-corrected chi connectivity index (χ0v) is 9.53. The van der Waals surface area contributed by atoms with Crippen molar-refractivity contribution in [2.75, 3.05) is 0 Å². The van der Waals surface area contributed by atoms with Crippen molar-refractivity contribution in [2.24, 2.45) is 0 Å². The lowest BCUT2D eigenvalue weighted by Crippen LogP contribution is -2.04. The molecule has 0 aliphatic heterocycles. The van der Waals surface area contributed by atoms with Gasteiger partial charge in [0, 0.05) is 12.4 Å². The largest absolute Gasteiger partial charge is 0.436 e. The van der Waals surface area contributed by atoms with Gasteiger partial charge >= 0.3 is 6.18 Å². The molecule has 1 aromatic heterocycles. The highest BCUT2D eigenvalue weighted by molar-refractivity contribution is 6.30. The van der Waals surface area contributed by atoms with Crippen LogP contribution < -0.4 is 4.74 Å². The first-order chi connectivity index (χ1) is 8.47. The van der Waals surface area contributed by atoms with Crippen molar-refractivity contribution in [1.29, 1.82) is 0 Å². The Kier molecular flexibility index (Phi) is 3.38. The Hall–Kier alpha value is -1.82. The Morgan fingerprint density at radius 3 is 2.50 bits per heavy atom. The Morgan fingerprint density at radius 1 is 1.11 bits per heavy atom. The van der Waals surface area contributed by atoms with E-state index in [1.165, 1.54) is 24.5 Å². The zero-order valence-electron chi connectivity index (χ0n) is 8.78. The third-order valence-corrected chi connectivity index (χ3v) is 2.26. The summed E-state index contributed by atoms with van der Waals surface area (Å²) in [5, 5.41) is -0.0186. The molecule has 0 saturated heterocycles. The fraction of sp³-hybridized carbons (Fsp3) is 0.0909. The van der Waals surface area contributed by atoms with Crippen molar-refractivity contribution in [3.8, 4) is 11.6 Å².